The summed E-state index contributed by atoms with van der Waals surface area (Å²) >= 11 is 0. The first-order chi connectivity index (χ1) is 9.28. The van der Waals surface area contributed by atoms with E-state index >= 15 is 0 Å². The van der Waals surface area contributed by atoms with Crippen molar-refractivity contribution in [2.45, 2.75) is 13.5 Å². The number of rotatable bonds is 3. The van der Waals surface area contributed by atoms with Crippen LogP contribution in [0.2, 0.25) is 0 Å². The fraction of sp³-hybridized carbons (Fsp3) is 0.125. The Hall–Kier alpha value is -2.26. The van der Waals surface area contributed by atoms with Crippen LogP contribution < -0.4 is 5.48 Å². The molecule has 0 radical (unpaired) electrons. The maximum atomic E-state index is 8.97. The number of fused-ring (bicyclic) bond motifs is 1. The normalized spacial score (nSPS) is 10.8. The second kappa shape index (κ2) is 4.78. The van der Waals surface area contributed by atoms with Crippen molar-refractivity contribution >= 4 is 16.6 Å². The Balaban J connectivity index is 2.05. The van der Waals surface area contributed by atoms with Crippen LogP contribution in [-0.2, 0) is 6.54 Å². The van der Waals surface area contributed by atoms with Gasteiger partial charge in [-0.05, 0) is 36.2 Å². The summed E-state index contributed by atoms with van der Waals surface area (Å²) in [5.41, 5.74) is 6.59. The molecule has 3 rings (SSSR count). The van der Waals surface area contributed by atoms with E-state index in [9.17, 15) is 0 Å². The molecule has 96 valence electrons. The van der Waals surface area contributed by atoms with E-state index in [0.717, 1.165) is 11.9 Å². The molecule has 2 N–H and O–H groups in total. The lowest BCUT2D eigenvalue weighted by atomic mass is 10.2. The molecule has 2 aromatic carbocycles. The number of hydrogen-bond acceptors (Lipinski definition) is 2. The number of anilines is 1. The van der Waals surface area contributed by atoms with Gasteiger partial charge in [-0.15, -0.1) is 0 Å². The lowest BCUT2D eigenvalue weighted by Gasteiger charge is -2.06. The molecule has 3 nitrogen and oxygen atoms in total. The Kier molecular flexibility index (Phi) is 2.97. The fourth-order valence-corrected chi connectivity index (χ4v) is 2.46. The molecule has 3 heteroatoms. The summed E-state index contributed by atoms with van der Waals surface area (Å²) in [4.78, 5) is 0. The molecule has 3 aromatic rings. The highest BCUT2D eigenvalue weighted by molar-refractivity contribution is 5.86. The number of aromatic nitrogens is 1. The van der Waals surface area contributed by atoms with Crippen LogP contribution in [0.4, 0.5) is 5.69 Å². The van der Waals surface area contributed by atoms with E-state index in [-0.39, 0.29) is 0 Å². The van der Waals surface area contributed by atoms with Crippen LogP contribution in [0.15, 0.2) is 54.7 Å². The lowest BCUT2D eigenvalue weighted by Crippen LogP contribution is -1.97. The zero-order valence-corrected chi connectivity index (χ0v) is 10.8. The highest BCUT2D eigenvalue weighted by atomic mass is 16.5. The van der Waals surface area contributed by atoms with Gasteiger partial charge in [0.1, 0.15) is 0 Å². The van der Waals surface area contributed by atoms with Gasteiger partial charge in [0.15, 0.2) is 0 Å². The van der Waals surface area contributed by atoms with Gasteiger partial charge in [0.25, 0.3) is 0 Å². The molecule has 0 saturated heterocycles. The van der Waals surface area contributed by atoms with Gasteiger partial charge in [-0.25, -0.2) is 0 Å². The molecule has 0 aliphatic rings. The minimum absolute atomic E-state index is 0.716. The van der Waals surface area contributed by atoms with Crippen molar-refractivity contribution in [2.24, 2.45) is 0 Å². The summed E-state index contributed by atoms with van der Waals surface area (Å²) in [6.07, 6.45) is 2.15. The second-order valence-electron chi connectivity index (χ2n) is 4.77. The zero-order valence-electron chi connectivity index (χ0n) is 10.8. The van der Waals surface area contributed by atoms with Crippen molar-refractivity contribution in [2.75, 3.05) is 5.48 Å². The van der Waals surface area contributed by atoms with E-state index in [1.807, 2.05) is 24.3 Å². The van der Waals surface area contributed by atoms with Crippen LogP contribution in [0.1, 0.15) is 11.1 Å². The second-order valence-corrected chi connectivity index (χ2v) is 4.77. The van der Waals surface area contributed by atoms with Gasteiger partial charge in [-0.1, -0.05) is 30.3 Å². The van der Waals surface area contributed by atoms with Gasteiger partial charge in [-0.3, -0.25) is 10.7 Å². The van der Waals surface area contributed by atoms with E-state index in [2.05, 4.69) is 47.4 Å². The maximum absolute atomic E-state index is 8.97. The van der Waals surface area contributed by atoms with Crippen LogP contribution in [0.5, 0.6) is 0 Å². The van der Waals surface area contributed by atoms with Gasteiger partial charge >= 0.3 is 0 Å². The van der Waals surface area contributed by atoms with E-state index in [0.29, 0.717) is 5.69 Å². The third kappa shape index (κ3) is 2.20. The smallest absolute Gasteiger partial charge is 0.0609 e. The first-order valence-corrected chi connectivity index (χ1v) is 6.31. The molecule has 0 unspecified atom stereocenters. The van der Waals surface area contributed by atoms with Crippen LogP contribution in [0.3, 0.4) is 0 Å². The summed E-state index contributed by atoms with van der Waals surface area (Å²) in [6, 6.07) is 16.3. The Morgan fingerprint density at radius 1 is 1.11 bits per heavy atom. The van der Waals surface area contributed by atoms with Crippen LogP contribution in [-0.4, -0.2) is 9.77 Å². The third-order valence-corrected chi connectivity index (χ3v) is 3.41. The topological polar surface area (TPSA) is 37.2 Å². The van der Waals surface area contributed by atoms with E-state index in [1.165, 1.54) is 16.6 Å². The molecule has 1 heterocycles. The summed E-state index contributed by atoms with van der Waals surface area (Å²) in [7, 11) is 0. The van der Waals surface area contributed by atoms with Gasteiger partial charge in [-0.2, -0.15) is 0 Å². The Morgan fingerprint density at radius 2 is 1.89 bits per heavy atom. The molecule has 0 aliphatic carbocycles. The van der Waals surface area contributed by atoms with Gasteiger partial charge < -0.3 is 4.57 Å². The predicted octanol–water partition coefficient (Wildman–Crippen LogP) is 3.80. The largest absolute Gasteiger partial charge is 0.343 e. The summed E-state index contributed by atoms with van der Waals surface area (Å²) in [5.74, 6) is 0. The van der Waals surface area contributed by atoms with Gasteiger partial charge in [0, 0.05) is 23.6 Å². The standard InChI is InChI=1S/C16H16N2O/c1-12-10-18(11-13-5-3-2-4-6-13)16-8-7-14(17-19)9-15(12)16/h2-10,17,19H,11H2,1H3. The monoisotopic (exact) mass is 252 g/mol. The summed E-state index contributed by atoms with van der Waals surface area (Å²) in [6.45, 7) is 2.95. The summed E-state index contributed by atoms with van der Waals surface area (Å²) < 4.78 is 2.24. The third-order valence-electron chi connectivity index (χ3n) is 3.41. The molecule has 0 aliphatic heterocycles. The molecule has 0 bridgehead atoms. The Labute approximate surface area is 112 Å². The fourth-order valence-electron chi connectivity index (χ4n) is 2.46. The number of nitrogens with one attached hydrogen (secondary N) is 1. The quantitative estimate of drug-likeness (QED) is 0.696. The van der Waals surface area contributed by atoms with Gasteiger partial charge in [0.2, 0.25) is 0 Å². The number of nitrogens with zero attached hydrogens (tertiary/aromatic N) is 1. The first-order valence-electron chi connectivity index (χ1n) is 6.31. The van der Waals surface area contributed by atoms with E-state index in [1.54, 1.807) is 0 Å². The van der Waals surface area contributed by atoms with Crippen LogP contribution in [0, 0.1) is 6.92 Å². The van der Waals surface area contributed by atoms with Crippen molar-refractivity contribution in [3.05, 3.63) is 65.9 Å². The van der Waals surface area contributed by atoms with E-state index in [4.69, 9.17) is 5.21 Å². The Bertz CT molecular complexity index is 701. The van der Waals surface area contributed by atoms with Gasteiger partial charge in [0.05, 0.1) is 5.69 Å². The molecular formula is C16H16N2O. The molecular weight excluding hydrogens is 236 g/mol. The van der Waals surface area contributed by atoms with Crippen LogP contribution in [0.25, 0.3) is 10.9 Å². The lowest BCUT2D eigenvalue weighted by molar-refractivity contribution is 0.389. The molecule has 0 saturated carbocycles. The highest BCUT2D eigenvalue weighted by Gasteiger charge is 2.06. The predicted molar refractivity (Wildman–Crippen MR) is 77.6 cm³/mol. The number of aryl methyl sites for hydroxylation is 1. The zero-order chi connectivity index (χ0) is 13.2. The average Bonchev–Trinajstić information content (AvgIpc) is 2.76. The minimum Gasteiger partial charge on any atom is -0.343 e. The average molecular weight is 252 g/mol. The minimum atomic E-state index is 0.716. The van der Waals surface area contributed by atoms with Crippen molar-refractivity contribution < 1.29 is 5.21 Å². The molecule has 0 spiro atoms. The van der Waals surface area contributed by atoms with Crippen LogP contribution >= 0.6 is 0 Å². The molecule has 19 heavy (non-hydrogen) atoms. The van der Waals surface area contributed by atoms with E-state index < -0.39 is 0 Å². The molecule has 0 amide bonds. The SMILES string of the molecule is Cc1cn(Cc2ccccc2)c2ccc(NO)cc12. The van der Waals surface area contributed by atoms with Crippen molar-refractivity contribution in [3.63, 3.8) is 0 Å². The molecule has 0 fully saturated rings. The van der Waals surface area contributed by atoms with Crippen molar-refractivity contribution in [1.29, 1.82) is 0 Å². The first kappa shape index (κ1) is 11.8. The molecule has 0 atom stereocenters. The maximum Gasteiger partial charge on any atom is 0.0609 e. The highest BCUT2D eigenvalue weighted by Crippen LogP contribution is 2.25. The number of hydrogen-bond donors (Lipinski definition) is 2. The van der Waals surface area contributed by atoms with Crippen molar-refractivity contribution in [1.82, 2.24) is 4.57 Å². The number of benzene rings is 2. The summed E-state index contributed by atoms with van der Waals surface area (Å²) in [5, 5.41) is 10.1. The molecule has 1 aromatic heterocycles. The van der Waals surface area contributed by atoms with Crippen molar-refractivity contribution in [3.8, 4) is 0 Å². The Morgan fingerprint density at radius 3 is 2.63 bits per heavy atom.